The first kappa shape index (κ1) is 16.6. The molecule has 2 aliphatic heterocycles. The zero-order chi connectivity index (χ0) is 17.4. The monoisotopic (exact) mass is 345 g/mol. The molecular formula is C18H27N5O2. The number of nitrogens with zero attached hydrogens (tertiary/aromatic N) is 5. The Hall–Kier alpha value is -1.89. The van der Waals surface area contributed by atoms with Gasteiger partial charge in [-0.3, -0.25) is 14.5 Å². The Morgan fingerprint density at radius 3 is 2.80 bits per heavy atom. The van der Waals surface area contributed by atoms with Crippen LogP contribution in [0.3, 0.4) is 0 Å². The number of carbonyl (C=O) groups excluding carboxylic acids is 2. The number of imidazole rings is 1. The molecule has 2 amide bonds. The van der Waals surface area contributed by atoms with Crippen molar-refractivity contribution in [3.63, 3.8) is 0 Å². The topological polar surface area (TPSA) is 61.7 Å². The van der Waals surface area contributed by atoms with Gasteiger partial charge in [0.15, 0.2) is 0 Å². The van der Waals surface area contributed by atoms with Gasteiger partial charge < -0.3 is 14.4 Å². The largest absolute Gasteiger partial charge is 0.341 e. The van der Waals surface area contributed by atoms with Crippen molar-refractivity contribution >= 4 is 11.8 Å². The number of hydrogen-bond donors (Lipinski definition) is 0. The highest BCUT2D eigenvalue weighted by atomic mass is 16.2. The number of amides is 2. The van der Waals surface area contributed by atoms with Gasteiger partial charge in [0.05, 0.1) is 12.5 Å². The molecule has 1 atom stereocenters. The molecule has 7 nitrogen and oxygen atoms in total. The summed E-state index contributed by atoms with van der Waals surface area (Å²) >= 11 is 0. The van der Waals surface area contributed by atoms with Crippen LogP contribution in [-0.4, -0.2) is 74.8 Å². The molecule has 0 radical (unpaired) electrons. The molecular weight excluding hydrogens is 318 g/mol. The molecule has 1 aliphatic carbocycles. The van der Waals surface area contributed by atoms with Crippen molar-refractivity contribution in [2.45, 2.75) is 38.3 Å². The first-order chi connectivity index (χ1) is 12.1. The number of carbonyl (C=O) groups is 2. The lowest BCUT2D eigenvalue weighted by Gasteiger charge is -2.24. The fourth-order valence-corrected chi connectivity index (χ4v) is 3.99. The van der Waals surface area contributed by atoms with Crippen molar-refractivity contribution in [3.05, 3.63) is 18.2 Å². The van der Waals surface area contributed by atoms with E-state index in [1.165, 1.54) is 0 Å². The minimum Gasteiger partial charge on any atom is -0.341 e. The lowest BCUT2D eigenvalue weighted by atomic mass is 10.1. The third kappa shape index (κ3) is 3.56. The predicted molar refractivity (Wildman–Crippen MR) is 92.5 cm³/mol. The maximum atomic E-state index is 12.9. The summed E-state index contributed by atoms with van der Waals surface area (Å²) < 4.78 is 2.05. The fraction of sp³-hybridized carbons (Fsp3) is 0.722. The van der Waals surface area contributed by atoms with E-state index >= 15 is 0 Å². The third-order valence-electron chi connectivity index (χ3n) is 5.68. The highest BCUT2D eigenvalue weighted by molar-refractivity contribution is 5.89. The SMILES string of the molecule is Cn1ccnc1CN1CCCN(C(=O)C2CC(=O)N(C3CC3)C2)CC1. The van der Waals surface area contributed by atoms with Crippen LogP contribution in [0.4, 0.5) is 0 Å². The lowest BCUT2D eigenvalue weighted by Crippen LogP contribution is -2.40. The molecule has 136 valence electrons. The van der Waals surface area contributed by atoms with Gasteiger partial charge in [-0.15, -0.1) is 0 Å². The third-order valence-corrected chi connectivity index (χ3v) is 5.68. The first-order valence-electron chi connectivity index (χ1n) is 9.38. The van der Waals surface area contributed by atoms with Crippen molar-refractivity contribution in [2.24, 2.45) is 13.0 Å². The Morgan fingerprint density at radius 2 is 2.08 bits per heavy atom. The van der Waals surface area contributed by atoms with E-state index in [2.05, 4.69) is 9.88 Å². The number of likely N-dealkylation sites (tertiary alicyclic amines) is 1. The van der Waals surface area contributed by atoms with Gasteiger partial charge >= 0.3 is 0 Å². The van der Waals surface area contributed by atoms with Crippen molar-refractivity contribution in [3.8, 4) is 0 Å². The van der Waals surface area contributed by atoms with Gasteiger partial charge in [-0.2, -0.15) is 0 Å². The molecule has 4 rings (SSSR count). The fourth-order valence-electron chi connectivity index (χ4n) is 3.99. The molecule has 1 unspecified atom stereocenters. The molecule has 0 spiro atoms. The molecule has 0 bridgehead atoms. The van der Waals surface area contributed by atoms with Crippen LogP contribution in [0.5, 0.6) is 0 Å². The van der Waals surface area contributed by atoms with Gasteiger partial charge in [0.2, 0.25) is 11.8 Å². The van der Waals surface area contributed by atoms with Crippen LogP contribution < -0.4 is 0 Å². The van der Waals surface area contributed by atoms with Gasteiger partial charge in [-0.25, -0.2) is 4.98 Å². The molecule has 0 aromatic carbocycles. The summed E-state index contributed by atoms with van der Waals surface area (Å²) in [7, 11) is 2.01. The molecule has 1 saturated carbocycles. The summed E-state index contributed by atoms with van der Waals surface area (Å²) in [5.41, 5.74) is 0. The quantitative estimate of drug-likeness (QED) is 0.796. The maximum absolute atomic E-state index is 12.9. The number of aryl methyl sites for hydroxylation is 1. The van der Waals surface area contributed by atoms with E-state index < -0.39 is 0 Å². The second kappa shape index (κ2) is 6.78. The zero-order valence-electron chi connectivity index (χ0n) is 14.9. The summed E-state index contributed by atoms with van der Waals surface area (Å²) in [6.45, 7) is 4.85. The molecule has 1 aromatic rings. The van der Waals surface area contributed by atoms with Crippen LogP contribution in [0.1, 0.15) is 31.5 Å². The molecule has 25 heavy (non-hydrogen) atoms. The van der Waals surface area contributed by atoms with E-state index in [9.17, 15) is 9.59 Å². The van der Waals surface area contributed by atoms with E-state index in [1.807, 2.05) is 33.8 Å². The minimum absolute atomic E-state index is 0.130. The molecule has 2 saturated heterocycles. The van der Waals surface area contributed by atoms with Crippen LogP contribution >= 0.6 is 0 Å². The molecule has 1 aromatic heterocycles. The average Bonchev–Trinajstić information content (AvgIpc) is 3.31. The Labute approximate surface area is 148 Å². The Bertz CT molecular complexity index is 654. The summed E-state index contributed by atoms with van der Waals surface area (Å²) in [6.07, 6.45) is 7.39. The molecule has 0 N–H and O–H groups in total. The van der Waals surface area contributed by atoms with Gasteiger partial charge in [0.1, 0.15) is 5.82 Å². The maximum Gasteiger partial charge on any atom is 0.228 e. The lowest BCUT2D eigenvalue weighted by molar-refractivity contribution is -0.135. The van der Waals surface area contributed by atoms with Gasteiger partial charge in [-0.1, -0.05) is 0 Å². The van der Waals surface area contributed by atoms with E-state index in [0.29, 0.717) is 19.0 Å². The van der Waals surface area contributed by atoms with E-state index in [4.69, 9.17) is 0 Å². The molecule has 3 heterocycles. The van der Waals surface area contributed by atoms with Gasteiger partial charge in [0.25, 0.3) is 0 Å². The van der Waals surface area contributed by atoms with Gasteiger partial charge in [-0.05, 0) is 19.3 Å². The number of rotatable bonds is 4. The van der Waals surface area contributed by atoms with Crippen molar-refractivity contribution < 1.29 is 9.59 Å². The predicted octanol–water partition coefficient (Wildman–Crippen LogP) is 0.465. The highest BCUT2D eigenvalue weighted by Gasteiger charge is 2.42. The Balaban J connectivity index is 1.32. The van der Waals surface area contributed by atoms with Crippen LogP contribution in [-0.2, 0) is 23.2 Å². The van der Waals surface area contributed by atoms with E-state index in [-0.39, 0.29) is 17.7 Å². The first-order valence-corrected chi connectivity index (χ1v) is 9.38. The number of aromatic nitrogens is 2. The second-order valence-electron chi connectivity index (χ2n) is 7.59. The highest BCUT2D eigenvalue weighted by Crippen LogP contribution is 2.33. The summed E-state index contributed by atoms with van der Waals surface area (Å²) in [4.78, 5) is 35.7. The van der Waals surface area contributed by atoms with Crippen molar-refractivity contribution in [2.75, 3.05) is 32.7 Å². The number of hydrogen-bond acceptors (Lipinski definition) is 4. The smallest absolute Gasteiger partial charge is 0.228 e. The van der Waals surface area contributed by atoms with Crippen molar-refractivity contribution in [1.82, 2.24) is 24.3 Å². The van der Waals surface area contributed by atoms with E-state index in [0.717, 1.165) is 57.8 Å². The van der Waals surface area contributed by atoms with Crippen LogP contribution in [0.15, 0.2) is 12.4 Å². The van der Waals surface area contributed by atoms with Gasteiger partial charge in [0, 0.05) is 64.6 Å². The summed E-state index contributed by atoms with van der Waals surface area (Å²) in [5.74, 6) is 1.28. The minimum atomic E-state index is -0.130. The normalized spacial score (nSPS) is 25.5. The summed E-state index contributed by atoms with van der Waals surface area (Å²) in [5, 5.41) is 0. The molecule has 7 heteroatoms. The average molecular weight is 345 g/mol. The standard InChI is InChI=1S/C18H27N5O2/c1-20-8-5-19-16(20)13-21-6-2-7-22(10-9-21)18(25)14-11-17(24)23(12-14)15-3-4-15/h5,8,14-15H,2-4,6-7,9-13H2,1H3. The second-order valence-corrected chi connectivity index (χ2v) is 7.59. The summed E-state index contributed by atoms with van der Waals surface area (Å²) in [6, 6.07) is 0.419. The van der Waals surface area contributed by atoms with Crippen LogP contribution in [0.25, 0.3) is 0 Å². The zero-order valence-corrected chi connectivity index (χ0v) is 14.9. The van der Waals surface area contributed by atoms with Crippen LogP contribution in [0, 0.1) is 5.92 Å². The Kier molecular flexibility index (Phi) is 4.50. The van der Waals surface area contributed by atoms with Crippen molar-refractivity contribution in [1.29, 1.82) is 0 Å². The Morgan fingerprint density at radius 1 is 1.24 bits per heavy atom. The van der Waals surface area contributed by atoms with Crippen LogP contribution in [0.2, 0.25) is 0 Å². The van der Waals surface area contributed by atoms with E-state index in [1.54, 1.807) is 0 Å². The molecule has 3 fully saturated rings. The molecule has 3 aliphatic rings.